The summed E-state index contributed by atoms with van der Waals surface area (Å²) < 4.78 is 11.2. The van der Waals surface area contributed by atoms with Crippen molar-refractivity contribution in [3.05, 3.63) is 18.2 Å². The fraction of sp³-hybridized carbons (Fsp3) is 0.625. The summed E-state index contributed by atoms with van der Waals surface area (Å²) >= 11 is 0. The number of rotatable bonds is 2. The van der Waals surface area contributed by atoms with Crippen LogP contribution in [0, 0.1) is 0 Å². The van der Waals surface area contributed by atoms with Crippen LogP contribution in [0.4, 0.5) is 5.69 Å². The van der Waals surface area contributed by atoms with Gasteiger partial charge in [0.15, 0.2) is 11.5 Å². The number of ether oxygens (including phenoxy) is 2. The summed E-state index contributed by atoms with van der Waals surface area (Å²) in [5, 5.41) is 3.69. The molecule has 108 valence electrons. The minimum atomic E-state index is 0.589. The highest BCUT2D eigenvalue weighted by atomic mass is 16.6. The number of piperidine rings is 1. The highest BCUT2D eigenvalue weighted by Gasteiger charge is 2.38. The van der Waals surface area contributed by atoms with Crippen LogP contribution < -0.4 is 14.8 Å². The van der Waals surface area contributed by atoms with Crippen LogP contribution in [-0.4, -0.2) is 43.3 Å². The van der Waals surface area contributed by atoms with Crippen LogP contribution in [0.5, 0.6) is 11.5 Å². The molecule has 0 aliphatic carbocycles. The largest absolute Gasteiger partial charge is 0.486 e. The first-order valence-corrected chi connectivity index (χ1v) is 7.68. The van der Waals surface area contributed by atoms with E-state index in [1.54, 1.807) is 0 Å². The number of hydrogen-bond donors (Lipinski definition) is 1. The quantitative estimate of drug-likeness (QED) is 0.898. The Morgan fingerprint density at radius 1 is 1.05 bits per heavy atom. The molecule has 0 radical (unpaired) electrons. The van der Waals surface area contributed by atoms with Crippen molar-refractivity contribution in [2.45, 2.75) is 43.8 Å². The van der Waals surface area contributed by atoms with E-state index in [2.05, 4.69) is 29.4 Å². The minimum Gasteiger partial charge on any atom is -0.486 e. The summed E-state index contributed by atoms with van der Waals surface area (Å²) in [6.45, 7) is 1.30. The number of nitrogens with one attached hydrogen (secondary N) is 1. The third kappa shape index (κ3) is 2.12. The molecule has 1 aromatic rings. The van der Waals surface area contributed by atoms with E-state index in [-0.39, 0.29) is 0 Å². The third-order valence-electron chi connectivity index (χ3n) is 5.01. The lowest BCUT2D eigenvalue weighted by Gasteiger charge is -2.37. The second-order valence-corrected chi connectivity index (χ2v) is 6.22. The predicted molar refractivity (Wildman–Crippen MR) is 78.6 cm³/mol. The van der Waals surface area contributed by atoms with Gasteiger partial charge in [-0.25, -0.2) is 0 Å². The lowest BCUT2D eigenvalue weighted by atomic mass is 9.97. The average Bonchev–Trinajstić information content (AvgIpc) is 2.70. The molecular formula is C16H22N2O2. The molecule has 3 heterocycles. The summed E-state index contributed by atoms with van der Waals surface area (Å²) in [4.78, 5) is 2.57. The number of anilines is 1. The molecule has 1 N–H and O–H groups in total. The fourth-order valence-corrected chi connectivity index (χ4v) is 3.90. The Hall–Kier alpha value is -1.42. The molecule has 4 rings (SSSR count). The molecular weight excluding hydrogens is 252 g/mol. The van der Waals surface area contributed by atoms with Gasteiger partial charge in [0.25, 0.3) is 0 Å². The minimum absolute atomic E-state index is 0.589. The van der Waals surface area contributed by atoms with Crippen molar-refractivity contribution in [1.82, 2.24) is 4.90 Å². The second-order valence-electron chi connectivity index (χ2n) is 6.22. The van der Waals surface area contributed by atoms with Crippen molar-refractivity contribution in [2.75, 3.05) is 25.6 Å². The van der Waals surface area contributed by atoms with Gasteiger partial charge in [0.1, 0.15) is 13.2 Å². The van der Waals surface area contributed by atoms with Gasteiger partial charge in [-0.05, 0) is 44.9 Å². The molecule has 2 unspecified atom stereocenters. The topological polar surface area (TPSA) is 33.7 Å². The maximum atomic E-state index is 5.65. The molecule has 2 bridgehead atoms. The molecule has 20 heavy (non-hydrogen) atoms. The standard InChI is InChI=1S/C16H22N2O2/c1-18-13-3-4-14(18)9-12(8-13)17-11-2-5-15-16(10-11)20-7-6-19-15/h2,5,10,12-14,17H,3-4,6-9H2,1H3. The van der Waals surface area contributed by atoms with Crippen LogP contribution in [0.15, 0.2) is 18.2 Å². The Labute approximate surface area is 120 Å². The van der Waals surface area contributed by atoms with E-state index in [9.17, 15) is 0 Å². The fourth-order valence-electron chi connectivity index (χ4n) is 3.90. The predicted octanol–water partition coefficient (Wildman–Crippen LogP) is 2.49. The van der Waals surface area contributed by atoms with E-state index >= 15 is 0 Å². The first kappa shape index (κ1) is 12.3. The van der Waals surface area contributed by atoms with Gasteiger partial charge in [0, 0.05) is 29.9 Å². The van der Waals surface area contributed by atoms with Gasteiger partial charge >= 0.3 is 0 Å². The second kappa shape index (κ2) is 4.85. The summed E-state index contributed by atoms with van der Waals surface area (Å²) in [6.07, 6.45) is 5.23. The van der Waals surface area contributed by atoms with Crippen molar-refractivity contribution in [3.63, 3.8) is 0 Å². The Morgan fingerprint density at radius 2 is 1.75 bits per heavy atom. The summed E-state index contributed by atoms with van der Waals surface area (Å²) in [5.74, 6) is 1.74. The van der Waals surface area contributed by atoms with Gasteiger partial charge in [0.05, 0.1) is 0 Å². The van der Waals surface area contributed by atoms with Crippen LogP contribution in [0.3, 0.4) is 0 Å². The maximum absolute atomic E-state index is 5.65. The highest BCUT2D eigenvalue weighted by Crippen LogP contribution is 2.37. The molecule has 3 aliphatic heterocycles. The van der Waals surface area contributed by atoms with Crippen LogP contribution in [-0.2, 0) is 0 Å². The van der Waals surface area contributed by atoms with E-state index in [0.717, 1.165) is 29.3 Å². The number of benzene rings is 1. The smallest absolute Gasteiger partial charge is 0.163 e. The van der Waals surface area contributed by atoms with E-state index in [1.165, 1.54) is 25.7 Å². The Bertz CT molecular complexity index is 491. The highest BCUT2D eigenvalue weighted by molar-refractivity contribution is 5.55. The molecule has 2 atom stereocenters. The molecule has 0 spiro atoms. The van der Waals surface area contributed by atoms with Crippen LogP contribution in [0.1, 0.15) is 25.7 Å². The van der Waals surface area contributed by atoms with Gasteiger partial charge < -0.3 is 19.7 Å². The van der Waals surface area contributed by atoms with Gasteiger partial charge in [-0.1, -0.05) is 0 Å². The van der Waals surface area contributed by atoms with Crippen molar-refractivity contribution >= 4 is 5.69 Å². The van der Waals surface area contributed by atoms with E-state index in [1.807, 2.05) is 6.07 Å². The van der Waals surface area contributed by atoms with E-state index in [0.29, 0.717) is 19.3 Å². The molecule has 0 amide bonds. The van der Waals surface area contributed by atoms with Gasteiger partial charge in [-0.15, -0.1) is 0 Å². The first-order valence-electron chi connectivity index (χ1n) is 7.68. The third-order valence-corrected chi connectivity index (χ3v) is 5.01. The van der Waals surface area contributed by atoms with Crippen molar-refractivity contribution in [3.8, 4) is 11.5 Å². The molecule has 0 aromatic heterocycles. The zero-order valence-electron chi connectivity index (χ0n) is 12.0. The van der Waals surface area contributed by atoms with Gasteiger partial charge in [-0.2, -0.15) is 0 Å². The van der Waals surface area contributed by atoms with E-state index in [4.69, 9.17) is 9.47 Å². The van der Waals surface area contributed by atoms with E-state index < -0.39 is 0 Å². The Kier molecular flexibility index (Phi) is 2.99. The van der Waals surface area contributed by atoms with Crippen molar-refractivity contribution < 1.29 is 9.47 Å². The number of fused-ring (bicyclic) bond motifs is 3. The van der Waals surface area contributed by atoms with Gasteiger partial charge in [-0.3, -0.25) is 0 Å². The van der Waals surface area contributed by atoms with Crippen molar-refractivity contribution in [1.29, 1.82) is 0 Å². The molecule has 4 heteroatoms. The summed E-state index contributed by atoms with van der Waals surface area (Å²) in [7, 11) is 2.28. The van der Waals surface area contributed by atoms with Crippen molar-refractivity contribution in [2.24, 2.45) is 0 Å². The Morgan fingerprint density at radius 3 is 2.50 bits per heavy atom. The molecule has 4 nitrogen and oxygen atoms in total. The molecule has 2 fully saturated rings. The monoisotopic (exact) mass is 274 g/mol. The zero-order valence-corrected chi connectivity index (χ0v) is 12.0. The maximum Gasteiger partial charge on any atom is 0.163 e. The normalized spacial score (nSPS) is 32.1. The lowest BCUT2D eigenvalue weighted by Crippen LogP contribution is -2.44. The van der Waals surface area contributed by atoms with Crippen LogP contribution >= 0.6 is 0 Å². The molecule has 1 aromatic carbocycles. The van der Waals surface area contributed by atoms with Crippen LogP contribution in [0.2, 0.25) is 0 Å². The zero-order chi connectivity index (χ0) is 13.5. The van der Waals surface area contributed by atoms with Gasteiger partial charge in [0.2, 0.25) is 0 Å². The lowest BCUT2D eigenvalue weighted by molar-refractivity contribution is 0.168. The number of hydrogen-bond acceptors (Lipinski definition) is 4. The SMILES string of the molecule is CN1C2CCC1CC(Nc1ccc3c(c1)OCCO3)C2. The molecule has 3 aliphatic rings. The summed E-state index contributed by atoms with van der Waals surface area (Å²) in [6, 6.07) is 8.32. The summed E-state index contributed by atoms with van der Waals surface area (Å²) in [5.41, 5.74) is 1.16. The molecule has 0 saturated carbocycles. The van der Waals surface area contributed by atoms with Crippen LogP contribution in [0.25, 0.3) is 0 Å². The first-order chi connectivity index (χ1) is 9.79. The Balaban J connectivity index is 1.47. The number of nitrogens with zero attached hydrogens (tertiary/aromatic N) is 1. The molecule has 2 saturated heterocycles. The average molecular weight is 274 g/mol.